The van der Waals surface area contributed by atoms with E-state index in [2.05, 4.69) is 33.1 Å². The highest BCUT2D eigenvalue weighted by Crippen LogP contribution is 2.21. The Morgan fingerprint density at radius 2 is 1.84 bits per heavy atom. The molecule has 0 aliphatic heterocycles. The lowest BCUT2D eigenvalue weighted by molar-refractivity contribution is -0.134. The molecular formula is C16H28O3. The van der Waals surface area contributed by atoms with E-state index in [1.54, 1.807) is 0 Å². The van der Waals surface area contributed by atoms with E-state index in [9.17, 15) is 0 Å². The van der Waals surface area contributed by atoms with E-state index >= 15 is 0 Å². The number of carboxylic acids is 1. The third kappa shape index (κ3) is 16.6. The third-order valence-electron chi connectivity index (χ3n) is 2.67. The first-order chi connectivity index (χ1) is 8.84. The van der Waals surface area contributed by atoms with Crippen molar-refractivity contribution in [3.05, 3.63) is 36.5 Å². The molecule has 0 saturated heterocycles. The Labute approximate surface area is 117 Å². The van der Waals surface area contributed by atoms with Crippen molar-refractivity contribution in [2.45, 2.75) is 46.5 Å². The lowest BCUT2D eigenvalue weighted by atomic mass is 9.92. The van der Waals surface area contributed by atoms with Crippen molar-refractivity contribution in [3.8, 4) is 0 Å². The summed E-state index contributed by atoms with van der Waals surface area (Å²) >= 11 is 0. The van der Waals surface area contributed by atoms with Gasteiger partial charge in [0.2, 0.25) is 0 Å². The summed E-state index contributed by atoms with van der Waals surface area (Å²) < 4.78 is 0. The number of aliphatic carboxylic acids is 1. The Balaban J connectivity index is 0. The first-order valence-electron chi connectivity index (χ1n) is 6.57. The Bertz CT molecular complexity index is 299. The molecule has 0 radical (unpaired) electrons. The van der Waals surface area contributed by atoms with E-state index in [4.69, 9.17) is 15.0 Å². The summed E-state index contributed by atoms with van der Waals surface area (Å²) in [5, 5.41) is 16.2. The summed E-state index contributed by atoms with van der Waals surface area (Å²) in [4.78, 5) is 9.00. The van der Waals surface area contributed by atoms with Crippen LogP contribution < -0.4 is 0 Å². The van der Waals surface area contributed by atoms with Crippen LogP contribution in [0.15, 0.2) is 36.5 Å². The summed E-state index contributed by atoms with van der Waals surface area (Å²) in [7, 11) is 0. The van der Waals surface area contributed by atoms with Crippen molar-refractivity contribution >= 4 is 5.97 Å². The van der Waals surface area contributed by atoms with Crippen molar-refractivity contribution in [2.24, 2.45) is 5.92 Å². The average molecular weight is 268 g/mol. The Kier molecular flexibility index (Phi) is 13.8. The van der Waals surface area contributed by atoms with Crippen molar-refractivity contribution in [2.75, 3.05) is 6.61 Å². The van der Waals surface area contributed by atoms with E-state index in [0.717, 1.165) is 32.6 Å². The second-order valence-electron chi connectivity index (χ2n) is 4.69. The van der Waals surface area contributed by atoms with Gasteiger partial charge in [-0.2, -0.15) is 0 Å². The van der Waals surface area contributed by atoms with Gasteiger partial charge >= 0.3 is 0 Å². The van der Waals surface area contributed by atoms with Crippen LogP contribution in [0.5, 0.6) is 0 Å². The highest BCUT2D eigenvalue weighted by atomic mass is 16.4. The summed E-state index contributed by atoms with van der Waals surface area (Å²) in [5.41, 5.74) is 2.51. The second-order valence-corrected chi connectivity index (χ2v) is 4.69. The number of allylic oxidation sites excluding steroid dienone is 3. The molecule has 0 saturated carbocycles. The van der Waals surface area contributed by atoms with Gasteiger partial charge in [-0.1, -0.05) is 29.9 Å². The van der Waals surface area contributed by atoms with E-state index in [1.165, 1.54) is 11.1 Å². The van der Waals surface area contributed by atoms with E-state index in [0.29, 0.717) is 5.92 Å². The fraction of sp³-hybridized carbons (Fsp3) is 0.562. The van der Waals surface area contributed by atoms with E-state index in [1.807, 2.05) is 6.08 Å². The van der Waals surface area contributed by atoms with Crippen LogP contribution in [-0.4, -0.2) is 22.8 Å². The zero-order valence-corrected chi connectivity index (χ0v) is 12.5. The van der Waals surface area contributed by atoms with Crippen LogP contribution in [0.25, 0.3) is 0 Å². The molecule has 0 aliphatic carbocycles. The monoisotopic (exact) mass is 268 g/mol. The number of hydrogen-bond acceptors (Lipinski definition) is 2. The molecule has 1 atom stereocenters. The number of aliphatic hydroxyl groups is 1. The van der Waals surface area contributed by atoms with Gasteiger partial charge in [-0.3, -0.25) is 4.79 Å². The van der Waals surface area contributed by atoms with Gasteiger partial charge < -0.3 is 10.2 Å². The van der Waals surface area contributed by atoms with Gasteiger partial charge in [-0.15, -0.1) is 6.58 Å². The molecule has 0 spiro atoms. The summed E-state index contributed by atoms with van der Waals surface area (Å²) in [6.07, 6.45) is 8.17. The lowest BCUT2D eigenvalue weighted by Gasteiger charge is -2.14. The average Bonchev–Trinajstić information content (AvgIpc) is 2.28. The van der Waals surface area contributed by atoms with Gasteiger partial charge in [0.1, 0.15) is 0 Å². The van der Waals surface area contributed by atoms with Crippen molar-refractivity contribution in [1.29, 1.82) is 0 Å². The Hall–Kier alpha value is -1.35. The van der Waals surface area contributed by atoms with Gasteiger partial charge in [0, 0.05) is 13.5 Å². The molecule has 0 fully saturated rings. The Morgan fingerprint density at radius 1 is 1.32 bits per heavy atom. The zero-order chi connectivity index (χ0) is 15.3. The topological polar surface area (TPSA) is 57.5 Å². The van der Waals surface area contributed by atoms with Crippen LogP contribution in [0.1, 0.15) is 46.5 Å². The van der Waals surface area contributed by atoms with Gasteiger partial charge in [0.25, 0.3) is 5.97 Å². The van der Waals surface area contributed by atoms with Crippen LogP contribution in [0.4, 0.5) is 0 Å². The minimum Gasteiger partial charge on any atom is -0.481 e. The molecule has 1 unspecified atom stereocenters. The first kappa shape index (κ1) is 20.0. The molecule has 0 rings (SSSR count). The second kappa shape index (κ2) is 13.1. The maximum Gasteiger partial charge on any atom is 0.300 e. The third-order valence-corrected chi connectivity index (χ3v) is 2.67. The minimum absolute atomic E-state index is 0.243. The predicted molar refractivity (Wildman–Crippen MR) is 81.1 cm³/mol. The van der Waals surface area contributed by atoms with Crippen LogP contribution in [0, 0.1) is 5.92 Å². The fourth-order valence-corrected chi connectivity index (χ4v) is 1.51. The molecule has 0 amide bonds. The molecule has 110 valence electrons. The molecule has 3 heteroatoms. The maximum absolute atomic E-state index is 9.00. The van der Waals surface area contributed by atoms with Gasteiger partial charge in [-0.25, -0.2) is 0 Å². The molecule has 0 aromatic carbocycles. The van der Waals surface area contributed by atoms with Crippen molar-refractivity contribution in [3.63, 3.8) is 0 Å². The van der Waals surface area contributed by atoms with Gasteiger partial charge in [0.05, 0.1) is 0 Å². The quantitative estimate of drug-likeness (QED) is 0.655. The van der Waals surface area contributed by atoms with Crippen molar-refractivity contribution < 1.29 is 15.0 Å². The molecule has 3 nitrogen and oxygen atoms in total. The van der Waals surface area contributed by atoms with Gasteiger partial charge in [0.15, 0.2) is 0 Å². The van der Waals surface area contributed by atoms with Crippen LogP contribution >= 0.6 is 0 Å². The Morgan fingerprint density at radius 3 is 2.21 bits per heavy atom. The van der Waals surface area contributed by atoms with Crippen LogP contribution in [0.3, 0.4) is 0 Å². The molecule has 0 aliphatic rings. The summed E-state index contributed by atoms with van der Waals surface area (Å²) in [6, 6.07) is 0. The van der Waals surface area contributed by atoms with Crippen LogP contribution in [-0.2, 0) is 4.79 Å². The number of rotatable bonds is 8. The molecule has 0 heterocycles. The standard InChI is InChI=1S/C14H24O.C2H4O2/c1-5-6-7-14(12(2)3)9-8-13(4)10-11-15;1-2(3)4/h5,8,14-15H,1-2,6-7,9-11H2,3-4H3;1H3,(H,3,4). The van der Waals surface area contributed by atoms with Crippen molar-refractivity contribution in [1.82, 2.24) is 0 Å². The zero-order valence-electron chi connectivity index (χ0n) is 12.5. The first-order valence-corrected chi connectivity index (χ1v) is 6.57. The largest absolute Gasteiger partial charge is 0.481 e. The number of carboxylic acid groups (broad SMARTS) is 1. The molecule has 0 bridgehead atoms. The smallest absolute Gasteiger partial charge is 0.300 e. The number of hydrogen-bond donors (Lipinski definition) is 2. The number of aliphatic hydroxyl groups excluding tert-OH is 1. The van der Waals surface area contributed by atoms with E-state index < -0.39 is 5.97 Å². The predicted octanol–water partition coefficient (Wildman–Crippen LogP) is 3.95. The summed E-state index contributed by atoms with van der Waals surface area (Å²) in [6.45, 7) is 13.2. The molecule has 2 N–H and O–H groups in total. The van der Waals surface area contributed by atoms with Gasteiger partial charge in [-0.05, 0) is 45.4 Å². The minimum atomic E-state index is -0.833. The number of carbonyl (C=O) groups is 1. The molecule has 0 aromatic heterocycles. The SMILES string of the molecule is C=CCCC(CC=C(C)CCO)C(=C)C.CC(=O)O. The highest BCUT2D eigenvalue weighted by Gasteiger charge is 2.06. The summed E-state index contributed by atoms with van der Waals surface area (Å²) in [5.74, 6) is -0.281. The van der Waals surface area contributed by atoms with E-state index in [-0.39, 0.29) is 6.61 Å². The van der Waals surface area contributed by atoms with Crippen LogP contribution in [0.2, 0.25) is 0 Å². The molecule has 0 aromatic rings. The molecular weight excluding hydrogens is 240 g/mol. The lowest BCUT2D eigenvalue weighted by Crippen LogP contribution is -2.00. The fourth-order valence-electron chi connectivity index (χ4n) is 1.51. The molecule has 19 heavy (non-hydrogen) atoms. The highest BCUT2D eigenvalue weighted by molar-refractivity contribution is 5.62. The normalized spacial score (nSPS) is 12.1. The maximum atomic E-state index is 9.00.